The van der Waals surface area contributed by atoms with Crippen LogP contribution in [0.25, 0.3) is 0 Å². The zero-order valence-corrected chi connectivity index (χ0v) is 9.26. The molecule has 72 valence electrons. The first-order chi connectivity index (χ1) is 5.95. The Bertz CT molecular complexity index is 364. The third-order valence-corrected chi connectivity index (χ3v) is 3.13. The monoisotopic (exact) mass is 220 g/mol. The van der Waals surface area contributed by atoms with E-state index < -0.39 is 7.14 Å². The topological polar surface area (TPSA) is 52.1 Å². The van der Waals surface area contributed by atoms with E-state index >= 15 is 0 Å². The van der Waals surface area contributed by atoms with E-state index in [0.717, 1.165) is 0 Å². The van der Waals surface area contributed by atoms with Crippen molar-refractivity contribution in [2.45, 2.75) is 0 Å². The van der Waals surface area contributed by atoms with Crippen LogP contribution in [0.2, 0.25) is 5.28 Å². The van der Waals surface area contributed by atoms with E-state index in [0.29, 0.717) is 5.30 Å². The maximum absolute atomic E-state index is 11.7. The summed E-state index contributed by atoms with van der Waals surface area (Å²) >= 11 is 5.55. The van der Waals surface area contributed by atoms with Crippen LogP contribution in [0.5, 0.6) is 5.88 Å². The second-order valence-electron chi connectivity index (χ2n) is 2.88. The zero-order chi connectivity index (χ0) is 10.1. The van der Waals surface area contributed by atoms with E-state index in [9.17, 15) is 4.57 Å². The van der Waals surface area contributed by atoms with Gasteiger partial charge in [-0.1, -0.05) is 0 Å². The molecule has 0 atom stereocenters. The molecule has 13 heavy (non-hydrogen) atoms. The fraction of sp³-hybridized carbons (Fsp3) is 0.429. The number of hydrogen-bond acceptors (Lipinski definition) is 4. The molecule has 0 aliphatic heterocycles. The van der Waals surface area contributed by atoms with Crippen molar-refractivity contribution in [2.75, 3.05) is 20.4 Å². The first-order valence-corrected chi connectivity index (χ1v) is 6.55. The van der Waals surface area contributed by atoms with Gasteiger partial charge in [0, 0.05) is 6.20 Å². The molecule has 6 heteroatoms. The second kappa shape index (κ2) is 3.64. The maximum atomic E-state index is 11.7. The van der Waals surface area contributed by atoms with Crippen LogP contribution in [0, 0.1) is 0 Å². The van der Waals surface area contributed by atoms with Gasteiger partial charge in [0.1, 0.15) is 7.14 Å². The standard InChI is InChI=1S/C7H10ClN2O2P/c1-12-6-5(13(2,3)11)4-9-7(8)10-6/h4H,1-3H3. The Kier molecular flexibility index (Phi) is 2.94. The molecule has 0 bridgehead atoms. The highest BCUT2D eigenvalue weighted by Gasteiger charge is 2.18. The van der Waals surface area contributed by atoms with Gasteiger partial charge in [-0.25, -0.2) is 4.98 Å². The van der Waals surface area contributed by atoms with E-state index in [2.05, 4.69) is 9.97 Å². The Morgan fingerprint density at radius 2 is 2.15 bits per heavy atom. The van der Waals surface area contributed by atoms with E-state index in [-0.39, 0.29) is 11.2 Å². The molecule has 1 aromatic heterocycles. The number of methoxy groups -OCH3 is 1. The van der Waals surface area contributed by atoms with Gasteiger partial charge < -0.3 is 9.30 Å². The highest BCUT2D eigenvalue weighted by molar-refractivity contribution is 7.70. The van der Waals surface area contributed by atoms with Crippen LogP contribution in [0.1, 0.15) is 0 Å². The molecule has 0 amide bonds. The lowest BCUT2D eigenvalue weighted by molar-refractivity contribution is 0.400. The van der Waals surface area contributed by atoms with Crippen LogP contribution >= 0.6 is 18.7 Å². The van der Waals surface area contributed by atoms with Crippen molar-refractivity contribution in [1.29, 1.82) is 0 Å². The molecular formula is C7H10ClN2O2P. The highest BCUT2D eigenvalue weighted by Crippen LogP contribution is 2.37. The van der Waals surface area contributed by atoms with Crippen molar-refractivity contribution in [1.82, 2.24) is 9.97 Å². The van der Waals surface area contributed by atoms with Crippen molar-refractivity contribution in [3.8, 4) is 5.88 Å². The molecule has 1 heterocycles. The molecule has 0 aromatic carbocycles. The van der Waals surface area contributed by atoms with Crippen molar-refractivity contribution >= 4 is 24.0 Å². The Morgan fingerprint density at radius 3 is 2.62 bits per heavy atom. The van der Waals surface area contributed by atoms with Crippen LogP contribution in [0.4, 0.5) is 0 Å². The summed E-state index contributed by atoms with van der Waals surface area (Å²) in [6, 6.07) is 0. The predicted octanol–water partition coefficient (Wildman–Crippen LogP) is 1.39. The number of halogens is 1. The molecule has 0 saturated carbocycles. The molecule has 4 nitrogen and oxygen atoms in total. The van der Waals surface area contributed by atoms with Crippen LogP contribution in [0.15, 0.2) is 6.20 Å². The number of rotatable bonds is 2. The van der Waals surface area contributed by atoms with Crippen molar-refractivity contribution in [3.05, 3.63) is 11.5 Å². The third-order valence-electron chi connectivity index (χ3n) is 1.48. The summed E-state index contributed by atoms with van der Waals surface area (Å²) < 4.78 is 16.6. The molecule has 0 saturated heterocycles. The van der Waals surface area contributed by atoms with E-state index in [4.69, 9.17) is 16.3 Å². The number of hydrogen-bond donors (Lipinski definition) is 0. The van der Waals surface area contributed by atoms with Crippen molar-refractivity contribution in [3.63, 3.8) is 0 Å². The van der Waals surface area contributed by atoms with Gasteiger partial charge in [-0.2, -0.15) is 4.98 Å². The second-order valence-corrected chi connectivity index (χ2v) is 6.41. The van der Waals surface area contributed by atoms with Gasteiger partial charge in [-0.15, -0.1) is 0 Å². The largest absolute Gasteiger partial charge is 0.480 e. The summed E-state index contributed by atoms with van der Waals surface area (Å²) in [5.41, 5.74) is 0. The summed E-state index contributed by atoms with van der Waals surface area (Å²) in [7, 11) is -0.945. The SMILES string of the molecule is COc1nc(Cl)ncc1P(C)(C)=O. The fourth-order valence-electron chi connectivity index (χ4n) is 0.859. The molecular weight excluding hydrogens is 211 g/mol. The minimum absolute atomic E-state index is 0.0917. The van der Waals surface area contributed by atoms with Gasteiger partial charge in [0.05, 0.1) is 12.4 Å². The molecule has 0 aliphatic rings. The molecule has 1 rings (SSSR count). The molecule has 0 N–H and O–H groups in total. The summed E-state index contributed by atoms with van der Waals surface area (Å²) in [6.45, 7) is 3.25. The first kappa shape index (κ1) is 10.5. The van der Waals surface area contributed by atoms with Crippen LogP contribution in [-0.2, 0) is 4.57 Å². The average molecular weight is 221 g/mol. The maximum Gasteiger partial charge on any atom is 0.228 e. The summed E-state index contributed by atoms with van der Waals surface area (Å²) in [4.78, 5) is 7.57. The molecule has 0 radical (unpaired) electrons. The lowest BCUT2D eigenvalue weighted by Gasteiger charge is -2.09. The number of ether oxygens (including phenoxy) is 1. The first-order valence-electron chi connectivity index (χ1n) is 3.57. The number of aromatic nitrogens is 2. The van der Waals surface area contributed by atoms with E-state index in [1.54, 1.807) is 13.3 Å². The van der Waals surface area contributed by atoms with Gasteiger partial charge in [-0.3, -0.25) is 0 Å². The quantitative estimate of drug-likeness (QED) is 0.558. The Morgan fingerprint density at radius 1 is 1.54 bits per heavy atom. The lowest BCUT2D eigenvalue weighted by Crippen LogP contribution is -2.10. The highest BCUT2D eigenvalue weighted by atomic mass is 35.5. The smallest absolute Gasteiger partial charge is 0.228 e. The third kappa shape index (κ3) is 2.42. The summed E-state index contributed by atoms with van der Waals surface area (Å²) in [6.07, 6.45) is 1.44. The molecule has 1 aromatic rings. The molecule has 0 unspecified atom stereocenters. The van der Waals surface area contributed by atoms with Crippen molar-refractivity contribution in [2.24, 2.45) is 0 Å². The Balaban J connectivity index is 3.30. The Labute approximate surface area is 81.7 Å². The van der Waals surface area contributed by atoms with Crippen LogP contribution in [0.3, 0.4) is 0 Å². The van der Waals surface area contributed by atoms with Gasteiger partial charge in [-0.05, 0) is 24.9 Å². The van der Waals surface area contributed by atoms with Gasteiger partial charge in [0.2, 0.25) is 11.2 Å². The molecule has 0 fully saturated rings. The van der Waals surface area contributed by atoms with Crippen LogP contribution in [-0.4, -0.2) is 30.4 Å². The van der Waals surface area contributed by atoms with Gasteiger partial charge in [0.15, 0.2) is 0 Å². The predicted molar refractivity (Wildman–Crippen MR) is 52.7 cm³/mol. The average Bonchev–Trinajstić information content (AvgIpc) is 2.01. The summed E-state index contributed by atoms with van der Waals surface area (Å²) in [5.74, 6) is 0.285. The fourth-order valence-corrected chi connectivity index (χ4v) is 1.92. The number of nitrogens with zero attached hydrogens (tertiary/aromatic N) is 2. The van der Waals surface area contributed by atoms with Gasteiger partial charge >= 0.3 is 0 Å². The molecule has 0 aliphatic carbocycles. The summed E-state index contributed by atoms with van der Waals surface area (Å²) in [5, 5.41) is 0.605. The van der Waals surface area contributed by atoms with E-state index in [1.165, 1.54) is 13.3 Å². The zero-order valence-electron chi connectivity index (χ0n) is 7.61. The minimum atomic E-state index is -2.40. The van der Waals surface area contributed by atoms with Crippen molar-refractivity contribution < 1.29 is 9.30 Å². The van der Waals surface area contributed by atoms with Gasteiger partial charge in [0.25, 0.3) is 0 Å². The van der Waals surface area contributed by atoms with Crippen LogP contribution < -0.4 is 10.0 Å². The minimum Gasteiger partial charge on any atom is -0.480 e. The Hall–Kier alpha value is -0.600. The normalized spacial score (nSPS) is 11.4. The van der Waals surface area contributed by atoms with E-state index in [1.807, 2.05) is 0 Å². The molecule has 0 spiro atoms. The lowest BCUT2D eigenvalue weighted by atomic mass is 10.6.